The van der Waals surface area contributed by atoms with Crippen LogP contribution < -0.4 is 5.73 Å². The van der Waals surface area contributed by atoms with E-state index in [-0.39, 0.29) is 29.2 Å². The fraction of sp³-hybridized carbons (Fsp3) is 0.846. The third kappa shape index (κ3) is 2.36. The maximum atomic E-state index is 12.4. The number of nitrogens with zero attached hydrogens (tertiary/aromatic N) is 2. The smallest absolute Gasteiger partial charge is 0.228 e. The fourth-order valence-electron chi connectivity index (χ4n) is 2.85. The van der Waals surface area contributed by atoms with Gasteiger partial charge in [0.1, 0.15) is 0 Å². The quantitative estimate of drug-likeness (QED) is 0.718. The van der Waals surface area contributed by atoms with Crippen LogP contribution in [0, 0.1) is 11.3 Å². The number of carbonyl (C=O) groups excluding carboxylic acids is 2. The molecule has 2 atom stereocenters. The largest absolute Gasteiger partial charge is 0.345 e. The fourth-order valence-corrected chi connectivity index (χ4v) is 2.85. The van der Waals surface area contributed by atoms with Crippen molar-refractivity contribution in [2.45, 2.75) is 32.7 Å². The molecular formula is C13H23N3O2. The van der Waals surface area contributed by atoms with Gasteiger partial charge in [0.25, 0.3) is 0 Å². The second kappa shape index (κ2) is 4.53. The van der Waals surface area contributed by atoms with Crippen molar-refractivity contribution in [1.29, 1.82) is 0 Å². The van der Waals surface area contributed by atoms with E-state index in [0.29, 0.717) is 19.5 Å². The zero-order valence-corrected chi connectivity index (χ0v) is 11.5. The van der Waals surface area contributed by atoms with Gasteiger partial charge in [-0.05, 0) is 11.8 Å². The number of rotatable bonds is 1. The lowest BCUT2D eigenvalue weighted by Gasteiger charge is -2.43. The van der Waals surface area contributed by atoms with E-state index in [1.165, 1.54) is 0 Å². The molecule has 2 rings (SSSR count). The van der Waals surface area contributed by atoms with Crippen LogP contribution in [0.1, 0.15) is 26.7 Å². The average Bonchev–Trinajstić information content (AvgIpc) is 2.62. The van der Waals surface area contributed by atoms with Crippen molar-refractivity contribution in [2.24, 2.45) is 17.1 Å². The Hall–Kier alpha value is -1.10. The van der Waals surface area contributed by atoms with Crippen molar-refractivity contribution in [3.05, 3.63) is 0 Å². The summed E-state index contributed by atoms with van der Waals surface area (Å²) in [5.74, 6) is 0.0293. The summed E-state index contributed by atoms with van der Waals surface area (Å²) in [7, 11) is 1.76. The van der Waals surface area contributed by atoms with E-state index >= 15 is 0 Å². The minimum Gasteiger partial charge on any atom is -0.345 e. The van der Waals surface area contributed by atoms with Crippen LogP contribution in [0.5, 0.6) is 0 Å². The van der Waals surface area contributed by atoms with Crippen LogP contribution in [0.15, 0.2) is 0 Å². The highest BCUT2D eigenvalue weighted by atomic mass is 16.2. The van der Waals surface area contributed by atoms with Crippen LogP contribution in [0.4, 0.5) is 0 Å². The number of likely N-dealkylation sites (tertiary alicyclic amines) is 2. The molecule has 0 saturated carbocycles. The van der Waals surface area contributed by atoms with Gasteiger partial charge in [-0.3, -0.25) is 9.59 Å². The first kappa shape index (κ1) is 13.3. The van der Waals surface area contributed by atoms with E-state index in [4.69, 9.17) is 5.73 Å². The first-order valence-electron chi connectivity index (χ1n) is 6.59. The summed E-state index contributed by atoms with van der Waals surface area (Å²) in [5.41, 5.74) is 6.03. The van der Waals surface area contributed by atoms with Crippen LogP contribution in [-0.2, 0) is 9.59 Å². The first-order chi connectivity index (χ1) is 8.31. The summed E-state index contributed by atoms with van der Waals surface area (Å²) in [6, 6.07) is 0.148. The average molecular weight is 253 g/mol. The van der Waals surface area contributed by atoms with Crippen molar-refractivity contribution in [3.8, 4) is 0 Å². The van der Waals surface area contributed by atoms with Gasteiger partial charge in [0.2, 0.25) is 11.8 Å². The summed E-state index contributed by atoms with van der Waals surface area (Å²) < 4.78 is 0. The van der Waals surface area contributed by atoms with Crippen molar-refractivity contribution in [2.75, 3.05) is 26.7 Å². The SMILES string of the molecule is CN1CC(C(=O)N2CCC(N)C(C)(C)C2)CC1=O. The molecule has 5 heteroatoms. The van der Waals surface area contributed by atoms with Gasteiger partial charge in [0.15, 0.2) is 0 Å². The Morgan fingerprint density at radius 1 is 1.44 bits per heavy atom. The van der Waals surface area contributed by atoms with Crippen molar-refractivity contribution in [1.82, 2.24) is 9.80 Å². The Morgan fingerprint density at radius 3 is 2.61 bits per heavy atom. The predicted molar refractivity (Wildman–Crippen MR) is 68.7 cm³/mol. The van der Waals surface area contributed by atoms with Crippen LogP contribution >= 0.6 is 0 Å². The number of hydrogen-bond acceptors (Lipinski definition) is 3. The lowest BCUT2D eigenvalue weighted by Crippen LogP contribution is -2.55. The number of hydrogen-bond donors (Lipinski definition) is 1. The molecule has 0 bridgehead atoms. The van der Waals surface area contributed by atoms with Gasteiger partial charge in [-0.2, -0.15) is 0 Å². The zero-order valence-electron chi connectivity index (χ0n) is 11.5. The molecule has 2 fully saturated rings. The van der Waals surface area contributed by atoms with Crippen molar-refractivity contribution >= 4 is 11.8 Å². The Kier molecular flexibility index (Phi) is 3.36. The lowest BCUT2D eigenvalue weighted by atomic mass is 9.79. The van der Waals surface area contributed by atoms with Gasteiger partial charge in [-0.25, -0.2) is 0 Å². The standard InChI is InChI=1S/C13H23N3O2/c1-13(2)8-16(5-4-10(13)14)12(18)9-6-11(17)15(3)7-9/h9-10H,4-8,14H2,1-3H3. The van der Waals surface area contributed by atoms with E-state index in [2.05, 4.69) is 13.8 Å². The summed E-state index contributed by atoms with van der Waals surface area (Å²) in [4.78, 5) is 27.4. The molecule has 2 amide bonds. The topological polar surface area (TPSA) is 66.6 Å². The van der Waals surface area contributed by atoms with Crippen LogP contribution in [0.25, 0.3) is 0 Å². The summed E-state index contributed by atoms with van der Waals surface area (Å²) in [5, 5.41) is 0. The van der Waals surface area contributed by atoms with Crippen molar-refractivity contribution < 1.29 is 9.59 Å². The minimum atomic E-state index is -0.160. The van der Waals surface area contributed by atoms with Gasteiger partial charge < -0.3 is 15.5 Å². The number of carbonyl (C=O) groups is 2. The molecule has 102 valence electrons. The first-order valence-corrected chi connectivity index (χ1v) is 6.59. The Bertz CT molecular complexity index is 367. The van der Waals surface area contributed by atoms with Crippen LogP contribution in [0.2, 0.25) is 0 Å². The monoisotopic (exact) mass is 253 g/mol. The maximum Gasteiger partial charge on any atom is 0.228 e. The Morgan fingerprint density at radius 2 is 2.11 bits per heavy atom. The van der Waals surface area contributed by atoms with E-state index in [1.54, 1.807) is 11.9 Å². The van der Waals surface area contributed by atoms with E-state index in [1.807, 2.05) is 4.90 Å². The molecule has 2 aliphatic heterocycles. The molecule has 2 unspecified atom stereocenters. The third-order valence-electron chi connectivity index (χ3n) is 4.31. The second-order valence-electron chi connectivity index (χ2n) is 6.32. The normalized spacial score (nSPS) is 31.9. The molecule has 2 heterocycles. The molecule has 2 saturated heterocycles. The molecule has 0 aromatic carbocycles. The van der Waals surface area contributed by atoms with Crippen LogP contribution in [0.3, 0.4) is 0 Å². The molecule has 2 aliphatic rings. The Balaban J connectivity index is 2.00. The third-order valence-corrected chi connectivity index (χ3v) is 4.31. The Labute approximate surface area is 108 Å². The second-order valence-corrected chi connectivity index (χ2v) is 6.32. The molecule has 0 aromatic heterocycles. The highest BCUT2D eigenvalue weighted by Gasteiger charge is 2.40. The number of nitrogens with two attached hydrogens (primary N) is 1. The summed E-state index contributed by atoms with van der Waals surface area (Å²) >= 11 is 0. The number of piperidine rings is 1. The highest BCUT2D eigenvalue weighted by Crippen LogP contribution is 2.29. The molecule has 0 aromatic rings. The predicted octanol–water partition coefficient (Wildman–Crippen LogP) is 0.0505. The minimum absolute atomic E-state index is 0.0393. The molecule has 2 N–H and O–H groups in total. The van der Waals surface area contributed by atoms with Gasteiger partial charge in [-0.1, -0.05) is 13.8 Å². The van der Waals surface area contributed by atoms with Gasteiger partial charge >= 0.3 is 0 Å². The highest BCUT2D eigenvalue weighted by molar-refractivity contribution is 5.89. The van der Waals surface area contributed by atoms with Crippen molar-refractivity contribution in [3.63, 3.8) is 0 Å². The maximum absolute atomic E-state index is 12.4. The molecular weight excluding hydrogens is 230 g/mol. The lowest BCUT2D eigenvalue weighted by molar-refractivity contribution is -0.139. The van der Waals surface area contributed by atoms with E-state index in [0.717, 1.165) is 13.0 Å². The summed E-state index contributed by atoms with van der Waals surface area (Å²) in [6.45, 7) is 6.17. The van der Waals surface area contributed by atoms with E-state index < -0.39 is 0 Å². The molecule has 0 radical (unpaired) electrons. The van der Waals surface area contributed by atoms with E-state index in [9.17, 15) is 9.59 Å². The zero-order chi connectivity index (χ0) is 13.5. The summed E-state index contributed by atoms with van der Waals surface area (Å²) in [6.07, 6.45) is 1.20. The molecule has 5 nitrogen and oxygen atoms in total. The molecule has 0 aliphatic carbocycles. The van der Waals surface area contributed by atoms with Gasteiger partial charge in [0.05, 0.1) is 5.92 Å². The molecule has 18 heavy (non-hydrogen) atoms. The van der Waals surface area contributed by atoms with Crippen LogP contribution in [-0.4, -0.2) is 54.3 Å². The number of amides is 2. The molecule has 0 spiro atoms. The van der Waals surface area contributed by atoms with Gasteiger partial charge in [0, 0.05) is 39.1 Å². The van der Waals surface area contributed by atoms with Gasteiger partial charge in [-0.15, -0.1) is 0 Å².